The molecule has 0 saturated carbocycles. The molecule has 25 heavy (non-hydrogen) atoms. The molecular formula is C19H21Cl2NO3. The average Bonchev–Trinajstić information content (AvgIpc) is 2.57. The predicted molar refractivity (Wildman–Crippen MR) is 100 cm³/mol. The van der Waals surface area contributed by atoms with Gasteiger partial charge in [-0.15, -0.1) is 0 Å². The fourth-order valence-electron chi connectivity index (χ4n) is 2.25. The number of halogens is 2. The van der Waals surface area contributed by atoms with Crippen molar-refractivity contribution < 1.29 is 14.6 Å². The smallest absolute Gasteiger partial charge is 0.220 e. The summed E-state index contributed by atoms with van der Waals surface area (Å²) in [6.45, 7) is 2.22. The minimum absolute atomic E-state index is 0.118. The third-order valence-corrected chi connectivity index (χ3v) is 4.19. The number of nitrogens with one attached hydrogen (secondary N) is 1. The Morgan fingerprint density at radius 2 is 2.04 bits per heavy atom. The molecular weight excluding hydrogens is 361 g/mol. The summed E-state index contributed by atoms with van der Waals surface area (Å²) in [6.07, 6.45) is 0.0217. The molecule has 0 aliphatic rings. The summed E-state index contributed by atoms with van der Waals surface area (Å²) in [5, 5.41) is 13.7. The number of hydrogen-bond donors (Lipinski definition) is 2. The lowest BCUT2D eigenvalue weighted by Gasteiger charge is -2.14. The highest BCUT2D eigenvalue weighted by molar-refractivity contribution is 6.35. The second-order valence-electron chi connectivity index (χ2n) is 5.82. The van der Waals surface area contributed by atoms with E-state index in [2.05, 4.69) is 5.32 Å². The van der Waals surface area contributed by atoms with Crippen LogP contribution in [0, 0.1) is 6.92 Å². The van der Waals surface area contributed by atoms with Crippen LogP contribution >= 0.6 is 23.2 Å². The molecule has 1 unspecified atom stereocenters. The molecule has 0 radical (unpaired) electrons. The number of benzene rings is 2. The molecule has 0 fully saturated rings. The van der Waals surface area contributed by atoms with Crippen molar-refractivity contribution in [2.75, 3.05) is 13.2 Å². The van der Waals surface area contributed by atoms with E-state index < -0.39 is 6.10 Å². The fraction of sp³-hybridized carbons (Fsp3) is 0.316. The van der Waals surface area contributed by atoms with Crippen molar-refractivity contribution in [1.29, 1.82) is 0 Å². The maximum Gasteiger partial charge on any atom is 0.220 e. The van der Waals surface area contributed by atoms with Crippen molar-refractivity contribution >= 4 is 29.1 Å². The molecule has 1 atom stereocenters. The van der Waals surface area contributed by atoms with Gasteiger partial charge >= 0.3 is 0 Å². The number of carbonyl (C=O) groups is 1. The van der Waals surface area contributed by atoms with Gasteiger partial charge in [-0.1, -0.05) is 41.4 Å². The van der Waals surface area contributed by atoms with E-state index in [1.54, 1.807) is 12.1 Å². The van der Waals surface area contributed by atoms with E-state index in [0.29, 0.717) is 22.2 Å². The van der Waals surface area contributed by atoms with Gasteiger partial charge in [0.15, 0.2) is 0 Å². The van der Waals surface area contributed by atoms with Crippen LogP contribution in [0.2, 0.25) is 10.0 Å². The second kappa shape index (κ2) is 9.66. The largest absolute Gasteiger partial charge is 0.491 e. The van der Waals surface area contributed by atoms with Crippen LogP contribution in [0.25, 0.3) is 0 Å². The normalized spacial score (nSPS) is 11.8. The number of hydrogen-bond acceptors (Lipinski definition) is 3. The topological polar surface area (TPSA) is 58.6 Å². The molecule has 0 bridgehead atoms. The Labute approximate surface area is 157 Å². The Kier molecular flexibility index (Phi) is 7.56. The highest BCUT2D eigenvalue weighted by Gasteiger charge is 2.10. The van der Waals surface area contributed by atoms with Crippen molar-refractivity contribution in [3.05, 3.63) is 63.6 Å². The maximum absolute atomic E-state index is 11.9. The van der Waals surface area contributed by atoms with Crippen LogP contribution in [0.15, 0.2) is 42.5 Å². The monoisotopic (exact) mass is 381 g/mol. The van der Waals surface area contributed by atoms with E-state index in [-0.39, 0.29) is 25.5 Å². The molecule has 0 heterocycles. The van der Waals surface area contributed by atoms with E-state index in [1.807, 2.05) is 37.3 Å². The predicted octanol–water partition coefficient (Wildman–Crippen LogP) is 3.79. The Balaban J connectivity index is 1.68. The van der Waals surface area contributed by atoms with Crippen LogP contribution in [-0.4, -0.2) is 30.3 Å². The molecule has 0 aliphatic heterocycles. The quantitative estimate of drug-likeness (QED) is 0.731. The zero-order valence-electron chi connectivity index (χ0n) is 14.0. The summed E-state index contributed by atoms with van der Waals surface area (Å²) in [6, 6.07) is 12.8. The van der Waals surface area contributed by atoms with Gasteiger partial charge in [0, 0.05) is 23.0 Å². The minimum Gasteiger partial charge on any atom is -0.491 e. The molecule has 1 amide bonds. The van der Waals surface area contributed by atoms with Gasteiger partial charge in [-0.2, -0.15) is 0 Å². The van der Waals surface area contributed by atoms with Gasteiger partial charge in [-0.3, -0.25) is 4.79 Å². The van der Waals surface area contributed by atoms with Gasteiger partial charge in [0.1, 0.15) is 18.5 Å². The molecule has 4 nitrogen and oxygen atoms in total. The van der Waals surface area contributed by atoms with E-state index in [9.17, 15) is 9.90 Å². The Hall–Kier alpha value is -1.75. The number of aryl methyl sites for hydroxylation is 2. The molecule has 0 aliphatic carbocycles. The Morgan fingerprint density at radius 3 is 2.76 bits per heavy atom. The minimum atomic E-state index is -0.774. The first-order valence-corrected chi connectivity index (χ1v) is 8.78. The zero-order chi connectivity index (χ0) is 18.2. The van der Waals surface area contributed by atoms with Crippen molar-refractivity contribution in [2.24, 2.45) is 0 Å². The first kappa shape index (κ1) is 19.6. The SMILES string of the molecule is Cc1cccc(OCC(O)CNC(=O)CCc2ccc(Cl)cc2Cl)c1. The van der Waals surface area contributed by atoms with Gasteiger partial charge in [-0.05, 0) is 48.7 Å². The van der Waals surface area contributed by atoms with Gasteiger partial charge in [0.05, 0.1) is 0 Å². The summed E-state index contributed by atoms with van der Waals surface area (Å²) in [5.74, 6) is 0.545. The Bertz CT molecular complexity index is 722. The molecule has 2 rings (SSSR count). The van der Waals surface area contributed by atoms with Crippen LogP contribution in [0.3, 0.4) is 0 Å². The average molecular weight is 382 g/mol. The van der Waals surface area contributed by atoms with E-state index >= 15 is 0 Å². The number of aliphatic hydroxyl groups excluding tert-OH is 1. The van der Waals surface area contributed by atoms with Crippen molar-refractivity contribution in [1.82, 2.24) is 5.32 Å². The third kappa shape index (κ3) is 6.94. The van der Waals surface area contributed by atoms with Crippen LogP contribution in [-0.2, 0) is 11.2 Å². The molecule has 2 aromatic rings. The summed E-state index contributed by atoms with van der Waals surface area (Å²) in [7, 11) is 0. The molecule has 0 spiro atoms. The van der Waals surface area contributed by atoms with Crippen LogP contribution in [0.4, 0.5) is 0 Å². The van der Waals surface area contributed by atoms with E-state index in [4.69, 9.17) is 27.9 Å². The summed E-state index contributed by atoms with van der Waals surface area (Å²) in [4.78, 5) is 11.9. The molecule has 0 aromatic heterocycles. The maximum atomic E-state index is 11.9. The summed E-state index contributed by atoms with van der Waals surface area (Å²) >= 11 is 11.9. The lowest BCUT2D eigenvalue weighted by Crippen LogP contribution is -2.35. The van der Waals surface area contributed by atoms with Crippen LogP contribution in [0.1, 0.15) is 17.5 Å². The lowest BCUT2D eigenvalue weighted by atomic mass is 10.1. The van der Waals surface area contributed by atoms with Gasteiger partial charge in [-0.25, -0.2) is 0 Å². The Morgan fingerprint density at radius 1 is 1.24 bits per heavy atom. The number of amides is 1. The van der Waals surface area contributed by atoms with E-state index in [1.165, 1.54) is 0 Å². The first-order chi connectivity index (χ1) is 11.9. The first-order valence-electron chi connectivity index (χ1n) is 8.02. The van der Waals surface area contributed by atoms with Gasteiger partial charge in [0.25, 0.3) is 0 Å². The number of rotatable bonds is 8. The van der Waals surface area contributed by atoms with Crippen LogP contribution in [0.5, 0.6) is 5.75 Å². The van der Waals surface area contributed by atoms with Crippen LogP contribution < -0.4 is 10.1 Å². The highest BCUT2D eigenvalue weighted by Crippen LogP contribution is 2.22. The van der Waals surface area contributed by atoms with Gasteiger partial charge in [0.2, 0.25) is 5.91 Å². The van der Waals surface area contributed by atoms with E-state index in [0.717, 1.165) is 11.1 Å². The fourth-order valence-corrected chi connectivity index (χ4v) is 2.75. The number of carbonyl (C=O) groups excluding carboxylic acids is 1. The number of ether oxygens (including phenoxy) is 1. The van der Waals surface area contributed by atoms with Gasteiger partial charge < -0.3 is 15.2 Å². The second-order valence-corrected chi connectivity index (χ2v) is 6.66. The summed E-state index contributed by atoms with van der Waals surface area (Å²) in [5.41, 5.74) is 1.95. The highest BCUT2D eigenvalue weighted by atomic mass is 35.5. The molecule has 134 valence electrons. The lowest BCUT2D eigenvalue weighted by molar-refractivity contribution is -0.121. The molecule has 0 saturated heterocycles. The summed E-state index contributed by atoms with van der Waals surface area (Å²) < 4.78 is 5.51. The third-order valence-electron chi connectivity index (χ3n) is 3.60. The molecule has 6 heteroatoms. The zero-order valence-corrected chi connectivity index (χ0v) is 15.5. The van der Waals surface area contributed by atoms with Crippen molar-refractivity contribution in [2.45, 2.75) is 25.9 Å². The molecule has 2 N–H and O–H groups in total. The van der Waals surface area contributed by atoms with Crippen molar-refractivity contribution in [3.63, 3.8) is 0 Å². The number of aliphatic hydroxyl groups is 1. The molecule has 2 aromatic carbocycles. The van der Waals surface area contributed by atoms with Crippen molar-refractivity contribution in [3.8, 4) is 5.75 Å². The standard InChI is InChI=1S/C19H21Cl2NO3/c1-13-3-2-4-17(9-13)25-12-16(23)11-22-19(24)8-6-14-5-7-15(20)10-18(14)21/h2-5,7,9-10,16,23H,6,8,11-12H2,1H3,(H,22,24).